The number of hydrogen-bond donors (Lipinski definition) is 2. The zero-order valence-electron chi connectivity index (χ0n) is 18.7. The first-order valence-electron chi connectivity index (χ1n) is 10.7. The van der Waals surface area contributed by atoms with Gasteiger partial charge in [-0.05, 0) is 42.0 Å². The second-order valence-electron chi connectivity index (χ2n) is 7.64. The van der Waals surface area contributed by atoms with Gasteiger partial charge < -0.3 is 10.4 Å². The number of sulfonamides is 1. The maximum atomic E-state index is 13.5. The van der Waals surface area contributed by atoms with Crippen molar-refractivity contribution in [3.8, 4) is 11.3 Å². The van der Waals surface area contributed by atoms with E-state index in [1.54, 1.807) is 30.5 Å². The van der Waals surface area contributed by atoms with Crippen molar-refractivity contribution in [2.75, 3.05) is 11.9 Å². The molecule has 0 spiro atoms. The molecule has 0 aliphatic rings. The van der Waals surface area contributed by atoms with Gasteiger partial charge in [0.2, 0.25) is 10.0 Å². The van der Waals surface area contributed by atoms with E-state index < -0.39 is 16.0 Å². The molecule has 0 aliphatic carbocycles. The Labute approximate surface area is 203 Å². The Morgan fingerprint density at radius 2 is 1.74 bits per heavy atom. The highest BCUT2D eigenvalue weighted by Crippen LogP contribution is 2.23. The van der Waals surface area contributed by atoms with Gasteiger partial charge in [-0.15, -0.1) is 0 Å². The van der Waals surface area contributed by atoms with Gasteiger partial charge in [-0.1, -0.05) is 36.4 Å². The molecule has 3 heterocycles. The molecular weight excluding hydrogens is 466 g/mol. The number of hydrogen-bond acceptors (Lipinski definition) is 7. The molecule has 0 unspecified atom stereocenters. The summed E-state index contributed by atoms with van der Waals surface area (Å²) in [6, 6.07) is 21.3. The van der Waals surface area contributed by atoms with E-state index in [1.165, 1.54) is 22.8 Å². The van der Waals surface area contributed by atoms with Crippen LogP contribution in [0.25, 0.3) is 11.3 Å². The zero-order valence-corrected chi connectivity index (χ0v) is 19.5. The minimum Gasteiger partial charge on any atom is -0.480 e. The minimum absolute atomic E-state index is 0.0121. The Morgan fingerprint density at radius 1 is 0.914 bits per heavy atom. The average Bonchev–Trinajstić information content (AvgIpc) is 2.89. The Balaban J connectivity index is 1.61. The number of anilines is 1. The smallest absolute Gasteiger partial charge is 0.322 e. The molecule has 0 bridgehead atoms. The van der Waals surface area contributed by atoms with Crippen LogP contribution in [0.5, 0.6) is 0 Å². The van der Waals surface area contributed by atoms with Gasteiger partial charge >= 0.3 is 5.97 Å². The van der Waals surface area contributed by atoms with E-state index in [1.807, 2.05) is 42.5 Å². The summed E-state index contributed by atoms with van der Waals surface area (Å²) in [5, 5.41) is 11.6. The second-order valence-corrected chi connectivity index (χ2v) is 9.57. The number of aromatic nitrogens is 3. The quantitative estimate of drug-likeness (QED) is 0.347. The highest BCUT2D eigenvalue weighted by atomic mass is 32.2. The van der Waals surface area contributed by atoms with Crippen LogP contribution in [-0.4, -0.2) is 45.3 Å². The molecule has 0 aliphatic heterocycles. The highest BCUT2D eigenvalue weighted by Gasteiger charge is 2.26. The summed E-state index contributed by atoms with van der Waals surface area (Å²) < 4.78 is 28.3. The molecule has 0 radical (unpaired) electrons. The number of nitrogens with zero attached hydrogens (tertiary/aromatic N) is 4. The Hall–Kier alpha value is -4.15. The van der Waals surface area contributed by atoms with Gasteiger partial charge in [0.15, 0.2) is 0 Å². The molecule has 9 nitrogen and oxygen atoms in total. The van der Waals surface area contributed by atoms with Crippen molar-refractivity contribution in [2.45, 2.75) is 18.0 Å². The number of carboxylic acids is 1. The third-order valence-electron chi connectivity index (χ3n) is 5.11. The SMILES string of the molecule is O=C(O)CNc1cccc(CN(Cc2ccc(-c3ccccn3)cc2)S(=O)(=O)c2cccnc2)n1. The fourth-order valence-electron chi connectivity index (χ4n) is 3.41. The molecule has 178 valence electrons. The molecule has 0 fully saturated rings. The van der Waals surface area contributed by atoms with Crippen LogP contribution in [0, 0.1) is 0 Å². The summed E-state index contributed by atoms with van der Waals surface area (Å²) in [6.45, 7) is -0.202. The molecular formula is C25H23N5O4S. The minimum atomic E-state index is -3.89. The van der Waals surface area contributed by atoms with Crippen LogP contribution < -0.4 is 5.32 Å². The van der Waals surface area contributed by atoms with E-state index in [0.29, 0.717) is 11.5 Å². The lowest BCUT2D eigenvalue weighted by Gasteiger charge is -2.22. The van der Waals surface area contributed by atoms with Crippen molar-refractivity contribution < 1.29 is 18.3 Å². The lowest BCUT2D eigenvalue weighted by Crippen LogP contribution is -2.30. The molecule has 35 heavy (non-hydrogen) atoms. The van der Waals surface area contributed by atoms with Crippen LogP contribution in [-0.2, 0) is 27.9 Å². The van der Waals surface area contributed by atoms with Crippen LogP contribution in [0.2, 0.25) is 0 Å². The number of aliphatic carboxylic acids is 1. The first-order valence-corrected chi connectivity index (χ1v) is 12.2. The number of rotatable bonds is 10. The average molecular weight is 490 g/mol. The van der Waals surface area contributed by atoms with Crippen molar-refractivity contribution in [1.29, 1.82) is 0 Å². The van der Waals surface area contributed by atoms with Crippen LogP contribution in [0.15, 0.2) is 96.3 Å². The molecule has 1 aromatic carbocycles. The number of nitrogens with one attached hydrogen (secondary N) is 1. The van der Waals surface area contributed by atoms with E-state index in [0.717, 1.165) is 16.8 Å². The lowest BCUT2D eigenvalue weighted by atomic mass is 10.1. The van der Waals surface area contributed by atoms with Crippen LogP contribution in [0.1, 0.15) is 11.3 Å². The summed E-state index contributed by atoms with van der Waals surface area (Å²) >= 11 is 0. The van der Waals surface area contributed by atoms with Crippen molar-refractivity contribution in [2.24, 2.45) is 0 Å². The van der Waals surface area contributed by atoms with Crippen LogP contribution in [0.4, 0.5) is 5.82 Å². The normalized spacial score (nSPS) is 11.3. The van der Waals surface area contributed by atoms with Crippen molar-refractivity contribution in [1.82, 2.24) is 19.3 Å². The topological polar surface area (TPSA) is 125 Å². The van der Waals surface area contributed by atoms with Crippen LogP contribution in [0.3, 0.4) is 0 Å². The monoisotopic (exact) mass is 489 g/mol. The summed E-state index contributed by atoms with van der Waals surface area (Å²) in [7, 11) is -3.89. The first kappa shape index (κ1) is 24.0. The van der Waals surface area contributed by atoms with E-state index >= 15 is 0 Å². The maximum Gasteiger partial charge on any atom is 0.322 e. The van der Waals surface area contributed by atoms with Gasteiger partial charge in [0.25, 0.3) is 0 Å². The van der Waals surface area contributed by atoms with E-state index in [-0.39, 0.29) is 24.5 Å². The fraction of sp³-hybridized carbons (Fsp3) is 0.120. The first-order chi connectivity index (χ1) is 16.9. The van der Waals surface area contributed by atoms with Gasteiger partial charge in [-0.25, -0.2) is 13.4 Å². The molecule has 0 saturated carbocycles. The molecule has 2 N–H and O–H groups in total. The standard InChI is InChI=1S/C25H23N5O4S/c31-25(32)16-28-24-8-3-5-21(29-24)18-30(35(33,34)22-6-4-13-26-15-22)17-19-9-11-20(12-10-19)23-7-1-2-14-27-23/h1-15H,16-18H2,(H,28,29)(H,31,32). The third kappa shape index (κ3) is 6.25. The third-order valence-corrected chi connectivity index (χ3v) is 6.89. The summed E-state index contributed by atoms with van der Waals surface area (Å²) in [5.41, 5.74) is 3.01. The van der Waals surface area contributed by atoms with E-state index in [4.69, 9.17) is 5.11 Å². The van der Waals surface area contributed by atoms with Crippen LogP contribution >= 0.6 is 0 Å². The van der Waals surface area contributed by atoms with Gasteiger partial charge in [0, 0.05) is 30.7 Å². The Morgan fingerprint density at radius 3 is 2.43 bits per heavy atom. The summed E-state index contributed by atoms with van der Waals surface area (Å²) in [5.74, 6) is -0.671. The molecule has 0 amide bonds. The molecule has 10 heteroatoms. The molecule has 0 atom stereocenters. The Bertz CT molecular complexity index is 1380. The van der Waals surface area contributed by atoms with Gasteiger partial charge in [-0.3, -0.25) is 14.8 Å². The van der Waals surface area contributed by atoms with E-state index in [2.05, 4.69) is 20.3 Å². The van der Waals surface area contributed by atoms with Crippen molar-refractivity contribution in [3.63, 3.8) is 0 Å². The summed E-state index contributed by atoms with van der Waals surface area (Å²) in [6.07, 6.45) is 4.54. The lowest BCUT2D eigenvalue weighted by molar-refractivity contribution is -0.134. The number of carboxylic acid groups (broad SMARTS) is 1. The van der Waals surface area contributed by atoms with Gasteiger partial charge in [0.1, 0.15) is 17.3 Å². The fourth-order valence-corrected chi connectivity index (χ4v) is 4.77. The van der Waals surface area contributed by atoms with Crippen molar-refractivity contribution in [3.05, 3.63) is 103 Å². The van der Waals surface area contributed by atoms with Crippen molar-refractivity contribution >= 4 is 21.8 Å². The predicted octanol–water partition coefficient (Wildman–Crippen LogP) is 3.43. The number of pyridine rings is 3. The second kappa shape index (κ2) is 10.9. The molecule has 4 aromatic rings. The maximum absolute atomic E-state index is 13.5. The number of benzene rings is 1. The highest BCUT2D eigenvalue weighted by molar-refractivity contribution is 7.89. The summed E-state index contributed by atoms with van der Waals surface area (Å²) in [4.78, 5) is 23.6. The molecule has 3 aromatic heterocycles. The zero-order chi connectivity index (χ0) is 24.7. The molecule has 4 rings (SSSR count). The number of carbonyl (C=O) groups is 1. The van der Waals surface area contributed by atoms with Gasteiger partial charge in [0.05, 0.1) is 17.9 Å². The van der Waals surface area contributed by atoms with E-state index in [9.17, 15) is 13.2 Å². The van der Waals surface area contributed by atoms with Gasteiger partial charge in [-0.2, -0.15) is 4.31 Å². The predicted molar refractivity (Wildman–Crippen MR) is 131 cm³/mol. The molecule has 0 saturated heterocycles. The Kier molecular flexibility index (Phi) is 7.44. The largest absolute Gasteiger partial charge is 0.480 e.